The summed E-state index contributed by atoms with van der Waals surface area (Å²) in [5.41, 5.74) is 0.299. The SMILES string of the molecule is COC(=O)[C@@H]1NCC12CCC2. The van der Waals surface area contributed by atoms with Crippen LogP contribution in [0.3, 0.4) is 0 Å². The normalized spacial score (nSPS) is 32.3. The third-order valence-electron chi connectivity index (χ3n) is 3.06. The monoisotopic (exact) mass is 155 g/mol. The molecule has 1 heterocycles. The Balaban J connectivity index is 2.00. The van der Waals surface area contributed by atoms with E-state index in [1.807, 2.05) is 0 Å². The van der Waals surface area contributed by atoms with Crippen LogP contribution in [0.15, 0.2) is 0 Å². The zero-order valence-electron chi connectivity index (χ0n) is 6.72. The van der Waals surface area contributed by atoms with Gasteiger partial charge in [-0.15, -0.1) is 0 Å². The first-order chi connectivity index (χ1) is 5.28. The van der Waals surface area contributed by atoms with Crippen LogP contribution < -0.4 is 5.32 Å². The number of nitrogens with one attached hydrogen (secondary N) is 1. The Hall–Kier alpha value is -0.570. The molecule has 1 atom stereocenters. The average Bonchev–Trinajstić information content (AvgIpc) is 1.82. The van der Waals surface area contributed by atoms with Crippen LogP contribution in [-0.4, -0.2) is 25.7 Å². The van der Waals surface area contributed by atoms with Gasteiger partial charge >= 0.3 is 5.97 Å². The van der Waals surface area contributed by atoms with E-state index in [4.69, 9.17) is 0 Å². The van der Waals surface area contributed by atoms with Gasteiger partial charge in [0.1, 0.15) is 6.04 Å². The van der Waals surface area contributed by atoms with E-state index in [0.717, 1.165) is 6.54 Å². The van der Waals surface area contributed by atoms with Gasteiger partial charge in [0.2, 0.25) is 0 Å². The molecule has 0 bridgehead atoms. The first-order valence-electron chi connectivity index (χ1n) is 4.10. The summed E-state index contributed by atoms with van der Waals surface area (Å²) < 4.78 is 4.68. The van der Waals surface area contributed by atoms with Crippen LogP contribution >= 0.6 is 0 Å². The Morgan fingerprint density at radius 3 is 2.64 bits per heavy atom. The van der Waals surface area contributed by atoms with Crippen molar-refractivity contribution in [3.8, 4) is 0 Å². The Kier molecular flexibility index (Phi) is 1.42. The van der Waals surface area contributed by atoms with Crippen molar-refractivity contribution in [3.63, 3.8) is 0 Å². The highest BCUT2D eigenvalue weighted by molar-refractivity contribution is 5.78. The van der Waals surface area contributed by atoms with Crippen molar-refractivity contribution >= 4 is 5.97 Å². The van der Waals surface area contributed by atoms with Crippen molar-refractivity contribution in [2.24, 2.45) is 5.41 Å². The van der Waals surface area contributed by atoms with Crippen molar-refractivity contribution in [1.29, 1.82) is 0 Å². The summed E-state index contributed by atoms with van der Waals surface area (Å²) in [4.78, 5) is 11.1. The molecule has 0 aromatic carbocycles. The van der Waals surface area contributed by atoms with Gasteiger partial charge in [-0.25, -0.2) is 0 Å². The minimum absolute atomic E-state index is 0.00116. The van der Waals surface area contributed by atoms with Gasteiger partial charge in [0.05, 0.1) is 7.11 Å². The topological polar surface area (TPSA) is 38.3 Å². The van der Waals surface area contributed by atoms with Crippen molar-refractivity contribution in [2.45, 2.75) is 25.3 Å². The van der Waals surface area contributed by atoms with Crippen molar-refractivity contribution < 1.29 is 9.53 Å². The lowest BCUT2D eigenvalue weighted by Gasteiger charge is -2.54. The van der Waals surface area contributed by atoms with Gasteiger partial charge in [-0.2, -0.15) is 0 Å². The summed E-state index contributed by atoms with van der Waals surface area (Å²) in [6.45, 7) is 1.01. The molecule has 1 N–H and O–H groups in total. The third kappa shape index (κ3) is 0.805. The van der Waals surface area contributed by atoms with E-state index in [-0.39, 0.29) is 12.0 Å². The predicted molar refractivity (Wildman–Crippen MR) is 40.1 cm³/mol. The van der Waals surface area contributed by atoms with E-state index >= 15 is 0 Å². The van der Waals surface area contributed by atoms with E-state index in [9.17, 15) is 4.79 Å². The molecule has 1 aliphatic heterocycles. The standard InChI is InChI=1S/C8H13NO2/c1-11-7(10)6-8(5-9-6)3-2-4-8/h6,9H,2-5H2,1H3/t6-/m0/s1. The molecule has 2 aliphatic rings. The lowest BCUT2D eigenvalue weighted by Crippen LogP contribution is -2.68. The summed E-state index contributed by atoms with van der Waals surface area (Å²) in [6.07, 6.45) is 3.66. The predicted octanol–water partition coefficient (Wildman–Crippen LogP) is 0.301. The molecule has 0 amide bonds. The Labute approximate surface area is 66.1 Å². The van der Waals surface area contributed by atoms with E-state index in [0.29, 0.717) is 5.41 Å². The van der Waals surface area contributed by atoms with Gasteiger partial charge in [0.25, 0.3) is 0 Å². The smallest absolute Gasteiger partial charge is 0.323 e. The first-order valence-corrected chi connectivity index (χ1v) is 4.10. The number of ether oxygens (including phenoxy) is 1. The van der Waals surface area contributed by atoms with Gasteiger partial charge in [-0.05, 0) is 12.8 Å². The molecule has 0 unspecified atom stereocenters. The number of rotatable bonds is 1. The van der Waals surface area contributed by atoms with Crippen LogP contribution in [0.1, 0.15) is 19.3 Å². The summed E-state index contributed by atoms with van der Waals surface area (Å²) in [7, 11) is 1.45. The minimum atomic E-state index is -0.0871. The number of hydrogen-bond donors (Lipinski definition) is 1. The molecule has 1 saturated carbocycles. The lowest BCUT2D eigenvalue weighted by molar-refractivity contribution is -0.156. The van der Waals surface area contributed by atoms with Gasteiger partial charge < -0.3 is 10.1 Å². The zero-order chi connectivity index (χ0) is 7.90. The average molecular weight is 155 g/mol. The van der Waals surface area contributed by atoms with Gasteiger partial charge in [-0.1, -0.05) is 6.42 Å². The second kappa shape index (κ2) is 2.21. The molecule has 3 nitrogen and oxygen atoms in total. The van der Waals surface area contributed by atoms with E-state index in [2.05, 4.69) is 10.1 Å². The highest BCUT2D eigenvalue weighted by Gasteiger charge is 2.54. The van der Waals surface area contributed by atoms with Crippen molar-refractivity contribution in [3.05, 3.63) is 0 Å². The number of methoxy groups -OCH3 is 1. The van der Waals surface area contributed by atoms with Crippen LogP contribution in [0, 0.1) is 5.41 Å². The summed E-state index contributed by atoms with van der Waals surface area (Å²) in [5.74, 6) is -0.0871. The molecule has 11 heavy (non-hydrogen) atoms. The maximum atomic E-state index is 11.1. The number of carbonyl (C=O) groups excluding carboxylic acids is 1. The maximum Gasteiger partial charge on any atom is 0.323 e. The second-order valence-corrected chi connectivity index (χ2v) is 3.55. The van der Waals surface area contributed by atoms with Crippen molar-refractivity contribution in [2.75, 3.05) is 13.7 Å². The van der Waals surface area contributed by atoms with Crippen LogP contribution in [0.25, 0.3) is 0 Å². The zero-order valence-corrected chi connectivity index (χ0v) is 6.72. The van der Waals surface area contributed by atoms with E-state index < -0.39 is 0 Å². The quantitative estimate of drug-likeness (QED) is 0.553. The highest BCUT2D eigenvalue weighted by Crippen LogP contribution is 2.48. The van der Waals surface area contributed by atoms with Gasteiger partial charge in [0.15, 0.2) is 0 Å². The number of carbonyl (C=O) groups is 1. The van der Waals surface area contributed by atoms with E-state index in [1.165, 1.54) is 26.4 Å². The molecular formula is C8H13NO2. The molecule has 0 aromatic heterocycles. The molecular weight excluding hydrogens is 142 g/mol. The summed E-state index contributed by atoms with van der Waals surface area (Å²) in [5, 5.41) is 3.11. The highest BCUT2D eigenvalue weighted by atomic mass is 16.5. The van der Waals surface area contributed by atoms with Crippen molar-refractivity contribution in [1.82, 2.24) is 5.32 Å². The van der Waals surface area contributed by atoms with Crippen LogP contribution in [0.5, 0.6) is 0 Å². The fourth-order valence-electron chi connectivity index (χ4n) is 2.04. The van der Waals surface area contributed by atoms with E-state index in [1.54, 1.807) is 0 Å². The second-order valence-electron chi connectivity index (χ2n) is 3.55. The molecule has 2 rings (SSSR count). The summed E-state index contributed by atoms with van der Waals surface area (Å²) in [6, 6.07) is 0.00116. The maximum absolute atomic E-state index is 11.1. The van der Waals surface area contributed by atoms with Crippen LogP contribution in [0.4, 0.5) is 0 Å². The number of hydrogen-bond acceptors (Lipinski definition) is 3. The Morgan fingerprint density at radius 1 is 1.64 bits per heavy atom. The first kappa shape index (κ1) is 7.10. The molecule has 2 fully saturated rings. The molecule has 3 heteroatoms. The molecule has 0 radical (unpaired) electrons. The van der Waals surface area contributed by atoms with Crippen LogP contribution in [0.2, 0.25) is 0 Å². The van der Waals surface area contributed by atoms with Gasteiger partial charge in [0, 0.05) is 12.0 Å². The molecule has 1 aliphatic carbocycles. The molecule has 1 spiro atoms. The Morgan fingerprint density at radius 2 is 2.36 bits per heavy atom. The fourth-order valence-corrected chi connectivity index (χ4v) is 2.04. The van der Waals surface area contributed by atoms with Gasteiger partial charge in [-0.3, -0.25) is 4.79 Å². The Bertz CT molecular complexity index is 181. The van der Waals surface area contributed by atoms with Crippen LogP contribution in [-0.2, 0) is 9.53 Å². The minimum Gasteiger partial charge on any atom is -0.468 e. The summed E-state index contributed by atoms with van der Waals surface area (Å²) >= 11 is 0. The largest absolute Gasteiger partial charge is 0.468 e. The fraction of sp³-hybridized carbons (Fsp3) is 0.875. The lowest BCUT2D eigenvalue weighted by atomic mass is 9.59. The molecule has 62 valence electrons. The number of esters is 1. The molecule has 1 saturated heterocycles. The molecule has 0 aromatic rings. The third-order valence-corrected chi connectivity index (χ3v) is 3.06.